The largest absolute Gasteiger partial charge is 0.324 e. The fraction of sp³-hybridized carbons (Fsp3) is 0.211. The molecule has 0 spiro atoms. The molecule has 2 aromatic rings. The maximum Gasteiger partial charge on any atom is 0.263 e. The van der Waals surface area contributed by atoms with Crippen LogP contribution in [0.2, 0.25) is 0 Å². The molecule has 1 saturated heterocycles. The summed E-state index contributed by atoms with van der Waals surface area (Å²) in [6.45, 7) is 1.59. The van der Waals surface area contributed by atoms with E-state index in [-0.39, 0.29) is 12.2 Å². The number of fused-ring (bicyclic) bond motifs is 1. The molecular weight excluding hydrogens is 384 g/mol. The number of hydrogen-bond acceptors (Lipinski definition) is 6. The van der Waals surface area contributed by atoms with Crippen LogP contribution in [-0.4, -0.2) is 41.4 Å². The van der Waals surface area contributed by atoms with Crippen molar-refractivity contribution in [3.8, 4) is 0 Å². The van der Waals surface area contributed by atoms with Gasteiger partial charge in [0.25, 0.3) is 11.8 Å². The molecule has 3 amide bonds. The van der Waals surface area contributed by atoms with Crippen LogP contribution in [0.3, 0.4) is 0 Å². The standard InChI is InChI=1S/C19H15F2N5O3/c1-10-2-5-12(6-3-10)22-15(27)9-25-17-16(23-24-25)18(28)26(19(17)29)14-7-4-11(20)8-13(14)21/h2-8,16-17H,9H2,1H3,(H,22,27)/t16-,17+/m0/s1. The van der Waals surface area contributed by atoms with Crippen LogP contribution in [0.15, 0.2) is 52.8 Å². The summed E-state index contributed by atoms with van der Waals surface area (Å²) in [5, 5.41) is 11.3. The molecule has 1 N–H and O–H groups in total. The Morgan fingerprint density at radius 3 is 2.52 bits per heavy atom. The van der Waals surface area contributed by atoms with Gasteiger partial charge in [-0.25, -0.2) is 13.7 Å². The van der Waals surface area contributed by atoms with Crippen LogP contribution in [0.1, 0.15) is 5.56 Å². The summed E-state index contributed by atoms with van der Waals surface area (Å²) in [4.78, 5) is 38.3. The maximum absolute atomic E-state index is 14.1. The summed E-state index contributed by atoms with van der Waals surface area (Å²) in [5.74, 6) is -3.90. The molecule has 148 valence electrons. The quantitative estimate of drug-likeness (QED) is 0.798. The van der Waals surface area contributed by atoms with Crippen molar-refractivity contribution in [2.24, 2.45) is 10.3 Å². The third-order valence-corrected chi connectivity index (χ3v) is 4.65. The predicted molar refractivity (Wildman–Crippen MR) is 97.8 cm³/mol. The first kappa shape index (κ1) is 18.7. The fourth-order valence-electron chi connectivity index (χ4n) is 3.24. The number of halogens is 2. The van der Waals surface area contributed by atoms with Crippen LogP contribution in [0.4, 0.5) is 20.2 Å². The number of hydrogen-bond donors (Lipinski definition) is 1. The lowest BCUT2D eigenvalue weighted by molar-refractivity contribution is -0.123. The number of nitrogens with one attached hydrogen (secondary N) is 1. The van der Waals surface area contributed by atoms with E-state index in [1.165, 1.54) is 0 Å². The van der Waals surface area contributed by atoms with Crippen molar-refractivity contribution < 1.29 is 23.2 Å². The maximum atomic E-state index is 14.1. The zero-order valence-electron chi connectivity index (χ0n) is 15.2. The molecule has 2 heterocycles. The summed E-state index contributed by atoms with van der Waals surface area (Å²) in [7, 11) is 0. The molecule has 0 bridgehead atoms. The molecule has 0 radical (unpaired) electrons. The molecule has 0 aromatic heterocycles. The summed E-state index contributed by atoms with van der Waals surface area (Å²) < 4.78 is 27.2. The van der Waals surface area contributed by atoms with Gasteiger partial charge in [-0.3, -0.25) is 19.4 Å². The zero-order chi connectivity index (χ0) is 20.7. The van der Waals surface area contributed by atoms with E-state index in [0.29, 0.717) is 16.7 Å². The molecule has 0 unspecified atom stereocenters. The van der Waals surface area contributed by atoms with Crippen molar-refractivity contribution in [1.29, 1.82) is 0 Å². The van der Waals surface area contributed by atoms with E-state index in [0.717, 1.165) is 22.7 Å². The van der Waals surface area contributed by atoms with E-state index in [4.69, 9.17) is 0 Å². The summed E-state index contributed by atoms with van der Waals surface area (Å²) >= 11 is 0. The predicted octanol–water partition coefficient (Wildman–Crippen LogP) is 2.21. The van der Waals surface area contributed by atoms with Crippen LogP contribution < -0.4 is 10.2 Å². The van der Waals surface area contributed by atoms with Gasteiger partial charge in [-0.2, -0.15) is 5.11 Å². The highest BCUT2D eigenvalue weighted by Gasteiger charge is 2.55. The highest BCUT2D eigenvalue weighted by atomic mass is 19.1. The summed E-state index contributed by atoms with van der Waals surface area (Å²) in [6.07, 6.45) is 0. The summed E-state index contributed by atoms with van der Waals surface area (Å²) in [5.41, 5.74) is 1.23. The molecule has 10 heteroatoms. The minimum atomic E-state index is -1.18. The van der Waals surface area contributed by atoms with E-state index in [9.17, 15) is 23.2 Å². The lowest BCUT2D eigenvalue weighted by Crippen LogP contribution is -2.43. The van der Waals surface area contributed by atoms with Crippen LogP contribution in [-0.2, 0) is 14.4 Å². The first-order valence-corrected chi connectivity index (χ1v) is 8.72. The minimum Gasteiger partial charge on any atom is -0.324 e. The Hall–Kier alpha value is -3.69. The number of carbonyl (C=O) groups excluding carboxylic acids is 3. The molecule has 2 aromatic carbocycles. The van der Waals surface area contributed by atoms with Gasteiger partial charge in [-0.1, -0.05) is 22.9 Å². The van der Waals surface area contributed by atoms with Crippen molar-refractivity contribution in [3.63, 3.8) is 0 Å². The van der Waals surface area contributed by atoms with Crippen LogP contribution in [0.25, 0.3) is 0 Å². The first-order chi connectivity index (χ1) is 13.8. The van der Waals surface area contributed by atoms with E-state index in [1.807, 2.05) is 19.1 Å². The molecule has 8 nitrogen and oxygen atoms in total. The monoisotopic (exact) mass is 399 g/mol. The van der Waals surface area contributed by atoms with Gasteiger partial charge in [0.05, 0.1) is 5.69 Å². The Kier molecular flexibility index (Phi) is 4.53. The van der Waals surface area contributed by atoms with Crippen LogP contribution in [0.5, 0.6) is 0 Å². The second kappa shape index (κ2) is 7.04. The number of aryl methyl sites for hydroxylation is 1. The highest BCUT2D eigenvalue weighted by Crippen LogP contribution is 2.33. The van der Waals surface area contributed by atoms with Gasteiger partial charge in [0.2, 0.25) is 5.91 Å². The average Bonchev–Trinajstić information content (AvgIpc) is 3.18. The average molecular weight is 399 g/mol. The van der Waals surface area contributed by atoms with E-state index >= 15 is 0 Å². The molecule has 1 fully saturated rings. The number of benzene rings is 2. The zero-order valence-corrected chi connectivity index (χ0v) is 15.2. The molecule has 0 aliphatic carbocycles. The van der Waals surface area contributed by atoms with E-state index in [2.05, 4.69) is 15.7 Å². The van der Waals surface area contributed by atoms with Gasteiger partial charge < -0.3 is 5.32 Å². The van der Waals surface area contributed by atoms with E-state index < -0.39 is 41.4 Å². The Labute approximate surface area is 163 Å². The van der Waals surface area contributed by atoms with Gasteiger partial charge in [-0.15, -0.1) is 0 Å². The van der Waals surface area contributed by atoms with Crippen molar-refractivity contribution in [2.45, 2.75) is 19.0 Å². The van der Waals surface area contributed by atoms with Crippen molar-refractivity contribution >= 4 is 29.1 Å². The normalized spacial score (nSPS) is 20.4. The molecule has 2 aliphatic heterocycles. The first-order valence-electron chi connectivity index (χ1n) is 8.72. The highest BCUT2D eigenvalue weighted by molar-refractivity contribution is 6.25. The fourth-order valence-corrected chi connectivity index (χ4v) is 3.24. The van der Waals surface area contributed by atoms with Crippen molar-refractivity contribution in [1.82, 2.24) is 5.01 Å². The topological polar surface area (TPSA) is 94.4 Å². The molecule has 0 saturated carbocycles. The van der Waals surface area contributed by atoms with Crippen LogP contribution in [0, 0.1) is 18.6 Å². The van der Waals surface area contributed by atoms with E-state index in [1.54, 1.807) is 12.1 Å². The molecular formula is C19H15F2N5O3. The Morgan fingerprint density at radius 2 is 1.83 bits per heavy atom. The molecule has 2 atom stereocenters. The lowest BCUT2D eigenvalue weighted by atomic mass is 10.1. The number of carbonyl (C=O) groups is 3. The van der Waals surface area contributed by atoms with Gasteiger partial charge >= 0.3 is 0 Å². The molecule has 4 rings (SSSR count). The lowest BCUT2D eigenvalue weighted by Gasteiger charge is -2.20. The second-order valence-electron chi connectivity index (χ2n) is 6.71. The molecule has 29 heavy (non-hydrogen) atoms. The number of nitrogens with zero attached hydrogens (tertiary/aromatic N) is 4. The second-order valence-corrected chi connectivity index (χ2v) is 6.71. The third kappa shape index (κ3) is 3.33. The Morgan fingerprint density at radius 1 is 1.10 bits per heavy atom. The SMILES string of the molecule is Cc1ccc(NC(=O)CN2N=N[C@@H]3C(=O)N(c4ccc(F)cc4F)C(=O)[C@@H]32)cc1. The number of anilines is 2. The smallest absolute Gasteiger partial charge is 0.263 e. The number of rotatable bonds is 4. The number of amides is 3. The van der Waals surface area contributed by atoms with Gasteiger partial charge in [-0.05, 0) is 31.2 Å². The number of imide groups is 1. The van der Waals surface area contributed by atoms with Crippen LogP contribution >= 0.6 is 0 Å². The van der Waals surface area contributed by atoms with Gasteiger partial charge in [0, 0.05) is 11.8 Å². The van der Waals surface area contributed by atoms with Gasteiger partial charge in [0.15, 0.2) is 12.1 Å². The van der Waals surface area contributed by atoms with Gasteiger partial charge in [0.1, 0.15) is 18.2 Å². The van der Waals surface area contributed by atoms with Crippen molar-refractivity contribution in [3.05, 3.63) is 59.7 Å². The Balaban J connectivity index is 1.50. The Bertz CT molecular complexity index is 1040. The summed E-state index contributed by atoms with van der Waals surface area (Å²) in [6, 6.07) is 7.31. The minimum absolute atomic E-state index is 0.322. The third-order valence-electron chi connectivity index (χ3n) is 4.65. The molecule has 2 aliphatic rings. The van der Waals surface area contributed by atoms with Crippen molar-refractivity contribution in [2.75, 3.05) is 16.8 Å².